The number of carbonyl (C=O) groups excluding carboxylic acids is 1. The zero-order valence-electron chi connectivity index (χ0n) is 11.0. The maximum absolute atomic E-state index is 11.3. The number of rotatable bonds is 6. The first-order chi connectivity index (χ1) is 9.21. The number of esters is 1. The fourth-order valence-corrected chi connectivity index (χ4v) is 1.77. The maximum atomic E-state index is 11.3. The topological polar surface area (TPSA) is 62.1 Å². The van der Waals surface area contributed by atoms with E-state index >= 15 is 0 Å². The van der Waals surface area contributed by atoms with Crippen LogP contribution in [-0.2, 0) is 16.1 Å². The molecule has 1 N–H and O–H groups in total. The predicted octanol–water partition coefficient (Wildman–Crippen LogP) is 2.47. The summed E-state index contributed by atoms with van der Waals surface area (Å²) in [5.74, 6) is -0.602. The zero-order valence-corrected chi connectivity index (χ0v) is 11.8. The molecule has 1 rings (SSSR count). The minimum absolute atomic E-state index is 0.0254. The minimum Gasteiger partial charge on any atom is -0.462 e. The molecule has 0 fully saturated rings. The molecule has 1 aromatic carbocycles. The van der Waals surface area contributed by atoms with Crippen LogP contribution in [0.1, 0.15) is 12.5 Å². The summed E-state index contributed by atoms with van der Waals surface area (Å²) in [6, 6.07) is 9.88. The molecule has 0 aromatic heterocycles. The van der Waals surface area contributed by atoms with Gasteiger partial charge in [-0.1, -0.05) is 12.1 Å². The summed E-state index contributed by atoms with van der Waals surface area (Å²) in [5.41, 5.74) is 1.05. The number of benzene rings is 1. The van der Waals surface area contributed by atoms with Gasteiger partial charge in [0.15, 0.2) is 5.57 Å². The minimum atomic E-state index is -0.602. The van der Waals surface area contributed by atoms with Crippen molar-refractivity contribution < 1.29 is 9.53 Å². The average molecular weight is 276 g/mol. The van der Waals surface area contributed by atoms with Crippen LogP contribution in [0.3, 0.4) is 0 Å². The van der Waals surface area contributed by atoms with Crippen molar-refractivity contribution in [2.45, 2.75) is 18.4 Å². The van der Waals surface area contributed by atoms with Crippen LogP contribution in [0.5, 0.6) is 0 Å². The summed E-state index contributed by atoms with van der Waals surface area (Å²) in [4.78, 5) is 12.5. The molecule has 0 bridgehead atoms. The van der Waals surface area contributed by atoms with E-state index in [1.54, 1.807) is 18.7 Å². The van der Waals surface area contributed by atoms with E-state index in [0.717, 1.165) is 5.56 Å². The summed E-state index contributed by atoms with van der Waals surface area (Å²) in [5, 5.41) is 11.8. The molecule has 0 amide bonds. The van der Waals surface area contributed by atoms with Gasteiger partial charge < -0.3 is 10.1 Å². The number of nitrogens with one attached hydrogen (secondary N) is 1. The van der Waals surface area contributed by atoms with Crippen molar-refractivity contribution in [1.29, 1.82) is 5.26 Å². The van der Waals surface area contributed by atoms with Gasteiger partial charge in [0, 0.05) is 17.6 Å². The highest BCUT2D eigenvalue weighted by Gasteiger charge is 2.08. The molecule has 0 aliphatic heterocycles. The molecule has 0 unspecified atom stereocenters. The number of hydrogen-bond acceptors (Lipinski definition) is 5. The molecule has 0 saturated carbocycles. The second kappa shape index (κ2) is 8.22. The Morgan fingerprint density at radius 1 is 1.47 bits per heavy atom. The van der Waals surface area contributed by atoms with Gasteiger partial charge in [0.2, 0.25) is 0 Å². The number of thioether (sulfide) groups is 1. The maximum Gasteiger partial charge on any atom is 0.350 e. The Kier molecular flexibility index (Phi) is 6.55. The number of nitrogens with zero attached hydrogens (tertiary/aromatic N) is 1. The van der Waals surface area contributed by atoms with E-state index in [2.05, 4.69) is 5.32 Å². The Morgan fingerprint density at radius 2 is 2.16 bits per heavy atom. The third kappa shape index (κ3) is 5.06. The van der Waals surface area contributed by atoms with E-state index in [0.29, 0.717) is 6.54 Å². The van der Waals surface area contributed by atoms with Gasteiger partial charge in [-0.2, -0.15) is 5.26 Å². The molecule has 0 heterocycles. The fourth-order valence-electron chi connectivity index (χ4n) is 1.36. The molecule has 0 atom stereocenters. The Labute approximate surface area is 117 Å². The largest absolute Gasteiger partial charge is 0.462 e. The number of ether oxygens (including phenoxy) is 1. The first kappa shape index (κ1) is 15.1. The lowest BCUT2D eigenvalue weighted by Crippen LogP contribution is -2.12. The van der Waals surface area contributed by atoms with Crippen LogP contribution in [0.2, 0.25) is 0 Å². The van der Waals surface area contributed by atoms with Gasteiger partial charge >= 0.3 is 5.97 Å². The van der Waals surface area contributed by atoms with Crippen LogP contribution in [0.15, 0.2) is 40.9 Å². The molecule has 1 aromatic rings. The van der Waals surface area contributed by atoms with E-state index in [1.165, 1.54) is 11.1 Å². The normalized spacial score (nSPS) is 10.7. The first-order valence-corrected chi connectivity index (χ1v) is 7.07. The lowest BCUT2D eigenvalue weighted by molar-refractivity contribution is -0.138. The van der Waals surface area contributed by atoms with Gasteiger partial charge in [0.1, 0.15) is 6.07 Å². The van der Waals surface area contributed by atoms with Crippen LogP contribution in [-0.4, -0.2) is 18.8 Å². The van der Waals surface area contributed by atoms with Crippen molar-refractivity contribution >= 4 is 17.7 Å². The Bertz CT molecular complexity index is 489. The summed E-state index contributed by atoms with van der Waals surface area (Å²) >= 11 is 1.68. The standard InChI is InChI=1S/C14H16N2O2S/c1-3-18-14(17)12(8-15)10-16-9-11-4-6-13(19-2)7-5-11/h4-7,10,16H,3,9H2,1-2H3/b12-10-. The molecule has 0 saturated heterocycles. The highest BCUT2D eigenvalue weighted by atomic mass is 32.2. The van der Waals surface area contributed by atoms with Crippen LogP contribution in [0, 0.1) is 11.3 Å². The van der Waals surface area contributed by atoms with Gasteiger partial charge in [-0.05, 0) is 30.9 Å². The van der Waals surface area contributed by atoms with Gasteiger partial charge in [-0.15, -0.1) is 11.8 Å². The summed E-state index contributed by atoms with van der Waals surface area (Å²) in [7, 11) is 0. The van der Waals surface area contributed by atoms with Crippen LogP contribution in [0.25, 0.3) is 0 Å². The SMILES string of the molecule is CCOC(=O)/C(C#N)=C\NCc1ccc(SC)cc1. The number of hydrogen-bond donors (Lipinski definition) is 1. The van der Waals surface area contributed by atoms with Crippen molar-refractivity contribution in [3.05, 3.63) is 41.6 Å². The molecular weight excluding hydrogens is 260 g/mol. The zero-order chi connectivity index (χ0) is 14.1. The van der Waals surface area contributed by atoms with Crippen molar-refractivity contribution in [3.8, 4) is 6.07 Å². The molecule has 100 valence electrons. The molecule has 0 spiro atoms. The van der Waals surface area contributed by atoms with Crippen LogP contribution in [0.4, 0.5) is 0 Å². The molecule has 0 aliphatic carbocycles. The van der Waals surface area contributed by atoms with Crippen molar-refractivity contribution in [3.63, 3.8) is 0 Å². The van der Waals surface area contributed by atoms with E-state index in [9.17, 15) is 4.79 Å². The lowest BCUT2D eigenvalue weighted by atomic mass is 10.2. The van der Waals surface area contributed by atoms with Crippen molar-refractivity contribution in [1.82, 2.24) is 5.32 Å². The second-order valence-corrected chi connectivity index (χ2v) is 4.50. The quantitative estimate of drug-likeness (QED) is 0.374. The molecule has 4 nitrogen and oxygen atoms in total. The number of carbonyl (C=O) groups is 1. The van der Waals surface area contributed by atoms with E-state index in [1.807, 2.05) is 36.6 Å². The van der Waals surface area contributed by atoms with Gasteiger partial charge in [0.05, 0.1) is 6.61 Å². The Morgan fingerprint density at radius 3 is 2.68 bits per heavy atom. The van der Waals surface area contributed by atoms with Crippen molar-refractivity contribution in [2.75, 3.05) is 12.9 Å². The van der Waals surface area contributed by atoms with Gasteiger partial charge in [-0.3, -0.25) is 0 Å². The molecule has 0 radical (unpaired) electrons. The summed E-state index contributed by atoms with van der Waals surface area (Å²) < 4.78 is 4.76. The molecule has 5 heteroatoms. The van der Waals surface area contributed by atoms with Gasteiger partial charge in [-0.25, -0.2) is 4.79 Å². The van der Waals surface area contributed by atoms with Crippen LogP contribution >= 0.6 is 11.8 Å². The molecule has 19 heavy (non-hydrogen) atoms. The Balaban J connectivity index is 2.55. The van der Waals surface area contributed by atoms with E-state index in [-0.39, 0.29) is 12.2 Å². The third-order valence-corrected chi connectivity index (χ3v) is 3.07. The van der Waals surface area contributed by atoms with Gasteiger partial charge in [0.25, 0.3) is 0 Å². The Hall–Kier alpha value is -1.93. The predicted molar refractivity (Wildman–Crippen MR) is 75.4 cm³/mol. The summed E-state index contributed by atoms with van der Waals surface area (Å²) in [6.45, 7) is 2.51. The molecular formula is C14H16N2O2S. The second-order valence-electron chi connectivity index (χ2n) is 3.62. The van der Waals surface area contributed by atoms with Crippen molar-refractivity contribution in [2.24, 2.45) is 0 Å². The number of nitriles is 1. The molecule has 0 aliphatic rings. The summed E-state index contributed by atoms with van der Waals surface area (Å²) in [6.07, 6.45) is 3.41. The highest BCUT2D eigenvalue weighted by Crippen LogP contribution is 2.14. The van der Waals surface area contributed by atoms with E-state index in [4.69, 9.17) is 10.00 Å². The highest BCUT2D eigenvalue weighted by molar-refractivity contribution is 7.98. The first-order valence-electron chi connectivity index (χ1n) is 5.85. The monoisotopic (exact) mass is 276 g/mol. The average Bonchev–Trinajstić information content (AvgIpc) is 2.44. The smallest absolute Gasteiger partial charge is 0.350 e. The third-order valence-electron chi connectivity index (χ3n) is 2.33. The van der Waals surface area contributed by atoms with E-state index < -0.39 is 5.97 Å². The van der Waals surface area contributed by atoms with Crippen LogP contribution < -0.4 is 5.32 Å². The fraction of sp³-hybridized carbons (Fsp3) is 0.286. The lowest BCUT2D eigenvalue weighted by Gasteiger charge is -2.04.